The number of amides is 1. The van der Waals surface area contributed by atoms with E-state index in [4.69, 9.17) is 5.73 Å². The third-order valence-electron chi connectivity index (χ3n) is 2.39. The Morgan fingerprint density at radius 1 is 1.47 bits per heavy atom. The monoisotopic (exact) mass is 293 g/mol. The molecule has 2 aromatic rings. The number of halogens is 1. The van der Waals surface area contributed by atoms with Crippen LogP contribution in [0.5, 0.6) is 0 Å². The van der Waals surface area contributed by atoms with E-state index in [1.165, 1.54) is 0 Å². The second-order valence-corrected chi connectivity index (χ2v) is 4.53. The average molecular weight is 294 g/mol. The normalized spacial score (nSPS) is 10.2. The lowest BCUT2D eigenvalue weighted by Gasteiger charge is -2.08. The summed E-state index contributed by atoms with van der Waals surface area (Å²) in [5, 5.41) is 2.81. The number of carbonyl (C=O) groups excluding carboxylic acids is 1. The first-order chi connectivity index (χ1) is 8.08. The van der Waals surface area contributed by atoms with Gasteiger partial charge in [-0.1, -0.05) is 12.1 Å². The summed E-state index contributed by atoms with van der Waals surface area (Å²) in [6, 6.07) is 7.28. The Kier molecular flexibility index (Phi) is 3.19. The standard InChI is InChI=1S/C12H12BrN3O/c1-7-3-2-4-9(11(7)13)16-12(17)10-5-8(14)6-15-10/h2-6,15H,14H2,1H3,(H,16,17). The average Bonchev–Trinajstić information content (AvgIpc) is 2.72. The van der Waals surface area contributed by atoms with Crippen LogP contribution in [-0.2, 0) is 0 Å². The number of aryl methyl sites for hydroxylation is 1. The van der Waals surface area contributed by atoms with Crippen LogP contribution < -0.4 is 11.1 Å². The summed E-state index contributed by atoms with van der Waals surface area (Å²) in [7, 11) is 0. The van der Waals surface area contributed by atoms with Gasteiger partial charge in [-0.3, -0.25) is 4.79 Å². The highest BCUT2D eigenvalue weighted by Crippen LogP contribution is 2.26. The maximum Gasteiger partial charge on any atom is 0.272 e. The molecule has 88 valence electrons. The van der Waals surface area contributed by atoms with Crippen LogP contribution in [0.15, 0.2) is 34.9 Å². The highest BCUT2D eigenvalue weighted by atomic mass is 79.9. The first-order valence-electron chi connectivity index (χ1n) is 5.08. The van der Waals surface area contributed by atoms with E-state index in [9.17, 15) is 4.79 Å². The van der Waals surface area contributed by atoms with Crippen molar-refractivity contribution in [3.05, 3.63) is 46.2 Å². The van der Waals surface area contributed by atoms with Crippen molar-refractivity contribution >= 4 is 33.2 Å². The molecular formula is C12H12BrN3O. The zero-order valence-electron chi connectivity index (χ0n) is 9.25. The molecule has 0 bridgehead atoms. The van der Waals surface area contributed by atoms with Gasteiger partial charge in [0.2, 0.25) is 0 Å². The molecule has 0 aliphatic heterocycles. The van der Waals surface area contributed by atoms with Crippen molar-refractivity contribution in [1.82, 2.24) is 4.98 Å². The van der Waals surface area contributed by atoms with Crippen LogP contribution in [0.4, 0.5) is 11.4 Å². The third-order valence-corrected chi connectivity index (χ3v) is 3.44. The predicted molar refractivity (Wildman–Crippen MR) is 72.0 cm³/mol. The van der Waals surface area contributed by atoms with Crippen molar-refractivity contribution in [3.8, 4) is 0 Å². The molecule has 1 aromatic heterocycles. The molecule has 0 unspecified atom stereocenters. The second-order valence-electron chi connectivity index (χ2n) is 3.74. The van der Waals surface area contributed by atoms with Crippen LogP contribution in [0.1, 0.15) is 16.1 Å². The van der Waals surface area contributed by atoms with Gasteiger partial charge in [-0.25, -0.2) is 0 Å². The van der Waals surface area contributed by atoms with E-state index in [1.54, 1.807) is 12.3 Å². The number of nitrogen functional groups attached to an aromatic ring is 1. The van der Waals surface area contributed by atoms with Gasteiger partial charge in [0, 0.05) is 16.4 Å². The Morgan fingerprint density at radius 2 is 2.24 bits per heavy atom. The van der Waals surface area contributed by atoms with Gasteiger partial charge >= 0.3 is 0 Å². The lowest BCUT2D eigenvalue weighted by Crippen LogP contribution is -2.12. The molecule has 5 heteroatoms. The largest absolute Gasteiger partial charge is 0.397 e. The Hall–Kier alpha value is -1.75. The SMILES string of the molecule is Cc1cccc(NC(=O)c2cc(N)c[nH]2)c1Br. The van der Waals surface area contributed by atoms with E-state index >= 15 is 0 Å². The minimum atomic E-state index is -0.215. The minimum Gasteiger partial charge on any atom is -0.397 e. The van der Waals surface area contributed by atoms with Gasteiger partial charge in [-0.15, -0.1) is 0 Å². The summed E-state index contributed by atoms with van der Waals surface area (Å²) in [5.41, 5.74) is 8.33. The fraction of sp³-hybridized carbons (Fsp3) is 0.0833. The topological polar surface area (TPSA) is 70.9 Å². The van der Waals surface area contributed by atoms with E-state index in [2.05, 4.69) is 26.2 Å². The smallest absolute Gasteiger partial charge is 0.272 e. The van der Waals surface area contributed by atoms with Crippen molar-refractivity contribution in [1.29, 1.82) is 0 Å². The third kappa shape index (κ3) is 2.50. The van der Waals surface area contributed by atoms with Gasteiger partial charge in [0.05, 0.1) is 5.69 Å². The first-order valence-corrected chi connectivity index (χ1v) is 5.87. The van der Waals surface area contributed by atoms with Gasteiger partial charge in [0.1, 0.15) is 5.69 Å². The lowest BCUT2D eigenvalue weighted by atomic mass is 10.2. The molecule has 1 amide bonds. The van der Waals surface area contributed by atoms with Crippen molar-refractivity contribution in [2.24, 2.45) is 0 Å². The maximum absolute atomic E-state index is 11.9. The summed E-state index contributed by atoms with van der Waals surface area (Å²) in [6.45, 7) is 1.96. The Morgan fingerprint density at radius 3 is 2.88 bits per heavy atom. The number of carbonyl (C=O) groups is 1. The Balaban J connectivity index is 2.21. The summed E-state index contributed by atoms with van der Waals surface area (Å²) < 4.78 is 0.882. The lowest BCUT2D eigenvalue weighted by molar-refractivity contribution is 0.102. The summed E-state index contributed by atoms with van der Waals surface area (Å²) in [4.78, 5) is 14.7. The molecule has 4 nitrogen and oxygen atoms in total. The number of aromatic nitrogens is 1. The number of hydrogen-bond acceptors (Lipinski definition) is 2. The molecule has 2 rings (SSSR count). The summed E-state index contributed by atoms with van der Waals surface area (Å²) in [6.07, 6.45) is 1.58. The molecule has 17 heavy (non-hydrogen) atoms. The van der Waals surface area contributed by atoms with Crippen molar-refractivity contribution in [2.75, 3.05) is 11.1 Å². The van der Waals surface area contributed by atoms with Crippen LogP contribution >= 0.6 is 15.9 Å². The van der Waals surface area contributed by atoms with Crippen LogP contribution in [-0.4, -0.2) is 10.9 Å². The highest BCUT2D eigenvalue weighted by Gasteiger charge is 2.10. The number of benzene rings is 1. The van der Waals surface area contributed by atoms with Crippen molar-refractivity contribution < 1.29 is 4.79 Å². The van der Waals surface area contributed by atoms with E-state index in [-0.39, 0.29) is 5.91 Å². The quantitative estimate of drug-likeness (QED) is 0.797. The van der Waals surface area contributed by atoms with Crippen molar-refractivity contribution in [3.63, 3.8) is 0 Å². The number of nitrogens with two attached hydrogens (primary N) is 1. The molecule has 4 N–H and O–H groups in total. The zero-order chi connectivity index (χ0) is 12.4. The summed E-state index contributed by atoms with van der Waals surface area (Å²) in [5.74, 6) is -0.215. The van der Waals surface area contributed by atoms with Crippen LogP contribution in [0.25, 0.3) is 0 Å². The number of aromatic amines is 1. The fourth-order valence-electron chi connectivity index (χ4n) is 1.48. The molecule has 1 heterocycles. The van der Waals surface area contributed by atoms with Crippen molar-refractivity contribution in [2.45, 2.75) is 6.92 Å². The molecule has 0 aliphatic carbocycles. The number of hydrogen-bond donors (Lipinski definition) is 3. The maximum atomic E-state index is 11.9. The fourth-order valence-corrected chi connectivity index (χ4v) is 1.84. The number of anilines is 2. The van der Waals surface area contributed by atoms with Gasteiger partial charge in [0.25, 0.3) is 5.91 Å². The second kappa shape index (κ2) is 4.63. The highest BCUT2D eigenvalue weighted by molar-refractivity contribution is 9.10. The van der Waals surface area contributed by atoms with E-state index in [1.807, 2.05) is 25.1 Å². The van der Waals surface area contributed by atoms with E-state index < -0.39 is 0 Å². The van der Waals surface area contributed by atoms with Crippen LogP contribution in [0.2, 0.25) is 0 Å². The molecule has 1 aromatic carbocycles. The molecule has 0 atom stereocenters. The Bertz CT molecular complexity index is 563. The van der Waals surface area contributed by atoms with E-state index in [0.29, 0.717) is 11.4 Å². The summed E-state index contributed by atoms with van der Waals surface area (Å²) >= 11 is 3.44. The van der Waals surface area contributed by atoms with Gasteiger partial charge < -0.3 is 16.0 Å². The van der Waals surface area contributed by atoms with Gasteiger partial charge in [-0.2, -0.15) is 0 Å². The minimum absolute atomic E-state index is 0.215. The molecule has 0 saturated carbocycles. The van der Waals surface area contributed by atoms with Gasteiger partial charge in [-0.05, 0) is 40.5 Å². The first kappa shape index (κ1) is 11.7. The molecule has 0 radical (unpaired) electrons. The Labute approximate surface area is 107 Å². The van der Waals surface area contributed by atoms with Crippen LogP contribution in [0, 0.1) is 6.92 Å². The molecule has 0 spiro atoms. The van der Waals surface area contributed by atoms with Gasteiger partial charge in [0.15, 0.2) is 0 Å². The predicted octanol–water partition coefficient (Wildman–Crippen LogP) is 2.92. The number of H-pyrrole nitrogens is 1. The zero-order valence-corrected chi connectivity index (χ0v) is 10.8. The number of nitrogens with one attached hydrogen (secondary N) is 2. The molecular weight excluding hydrogens is 282 g/mol. The molecule has 0 aliphatic rings. The van der Waals surface area contributed by atoms with E-state index in [0.717, 1.165) is 15.7 Å². The molecule has 0 saturated heterocycles. The number of rotatable bonds is 2. The molecule has 0 fully saturated rings. The van der Waals surface area contributed by atoms with Crippen LogP contribution in [0.3, 0.4) is 0 Å².